The lowest BCUT2D eigenvalue weighted by Gasteiger charge is -2.28. The van der Waals surface area contributed by atoms with E-state index in [0.717, 1.165) is 28.3 Å². The summed E-state index contributed by atoms with van der Waals surface area (Å²) in [4.78, 5) is 2.41. The minimum absolute atomic E-state index is 1.08. The quantitative estimate of drug-likeness (QED) is 0.146. The Morgan fingerprint density at radius 2 is 0.806 bits per heavy atom. The molecule has 2 heteroatoms. The van der Waals surface area contributed by atoms with Gasteiger partial charge in [-0.05, 0) is 109 Å². The van der Waals surface area contributed by atoms with E-state index in [9.17, 15) is 0 Å². The second-order valence-electron chi connectivity index (χ2n) is 16.1. The monoisotopic (exact) mass is 788 g/mol. The standard InChI is InChI=1S/C60H40N2/c1-2-15-41(16-3-1)51-21-6-10-25-57(51)61(48-19-14-18-44(40-48)45-32-36-50-46(39-45)33-38-53-49-20-5-4-17-42(49)31-37-54(50)53)47-34-29-43(30-35-47)52-22-7-11-26-58(52)62-59-27-12-8-23-55(59)56-24-9-13-28-60(56)62/h1-40H. The minimum atomic E-state index is 1.08. The Hall–Kier alpha value is -8.20. The molecule has 0 unspecified atom stereocenters. The van der Waals surface area contributed by atoms with E-state index < -0.39 is 0 Å². The molecule has 0 fully saturated rings. The van der Waals surface area contributed by atoms with Crippen molar-refractivity contribution in [2.45, 2.75) is 0 Å². The molecule has 11 aromatic carbocycles. The Labute approximate surface area is 360 Å². The van der Waals surface area contributed by atoms with Crippen LogP contribution in [0.25, 0.3) is 93.2 Å². The minimum Gasteiger partial charge on any atom is -0.310 e. The van der Waals surface area contributed by atoms with Gasteiger partial charge in [0.15, 0.2) is 0 Å². The van der Waals surface area contributed by atoms with E-state index in [1.165, 1.54) is 81.9 Å². The maximum Gasteiger partial charge on any atom is 0.0541 e. The average molecular weight is 789 g/mol. The first kappa shape index (κ1) is 35.7. The molecule has 0 bridgehead atoms. The van der Waals surface area contributed by atoms with Gasteiger partial charge < -0.3 is 9.47 Å². The maximum absolute atomic E-state index is 2.42. The summed E-state index contributed by atoms with van der Waals surface area (Å²) in [6.07, 6.45) is 0. The SMILES string of the molecule is c1ccc(-c2ccccc2N(c2ccc(-c3ccccc3-n3c4ccccc4c4ccccc43)cc2)c2cccc(-c3ccc4c(ccc5c6ccccc6ccc45)c3)c2)cc1. The van der Waals surface area contributed by atoms with Gasteiger partial charge in [-0.2, -0.15) is 0 Å². The number of fused-ring (bicyclic) bond motifs is 8. The van der Waals surface area contributed by atoms with E-state index in [2.05, 4.69) is 252 Å². The molecular formula is C60H40N2. The number of rotatable bonds is 7. The highest BCUT2D eigenvalue weighted by atomic mass is 15.1. The van der Waals surface area contributed by atoms with Crippen LogP contribution in [0, 0.1) is 0 Å². The number of benzene rings is 11. The first-order valence-corrected chi connectivity index (χ1v) is 21.3. The van der Waals surface area contributed by atoms with Crippen molar-refractivity contribution in [2.75, 3.05) is 4.90 Å². The average Bonchev–Trinajstić information content (AvgIpc) is 3.69. The zero-order chi connectivity index (χ0) is 41.0. The lowest BCUT2D eigenvalue weighted by molar-refractivity contribution is 1.18. The Morgan fingerprint density at radius 3 is 1.58 bits per heavy atom. The number of nitrogens with zero attached hydrogens (tertiary/aromatic N) is 2. The van der Waals surface area contributed by atoms with Crippen molar-refractivity contribution in [2.24, 2.45) is 0 Å². The highest BCUT2D eigenvalue weighted by Gasteiger charge is 2.20. The molecule has 0 saturated heterocycles. The third-order valence-corrected chi connectivity index (χ3v) is 12.6. The maximum atomic E-state index is 2.42. The van der Waals surface area contributed by atoms with Gasteiger partial charge in [0.05, 0.1) is 22.4 Å². The van der Waals surface area contributed by atoms with Gasteiger partial charge in [0.25, 0.3) is 0 Å². The third kappa shape index (κ3) is 5.96. The molecule has 62 heavy (non-hydrogen) atoms. The van der Waals surface area contributed by atoms with Crippen LogP contribution in [0.3, 0.4) is 0 Å². The Morgan fingerprint density at radius 1 is 0.274 bits per heavy atom. The van der Waals surface area contributed by atoms with Gasteiger partial charge in [-0.3, -0.25) is 0 Å². The van der Waals surface area contributed by atoms with Crippen molar-refractivity contribution < 1.29 is 0 Å². The first-order chi connectivity index (χ1) is 30.8. The van der Waals surface area contributed by atoms with E-state index in [-0.39, 0.29) is 0 Å². The summed E-state index contributed by atoms with van der Waals surface area (Å²) in [6.45, 7) is 0. The molecule has 0 aliphatic carbocycles. The number of anilines is 3. The molecule has 2 nitrogen and oxygen atoms in total. The van der Waals surface area contributed by atoms with Crippen LogP contribution in [0.5, 0.6) is 0 Å². The molecule has 0 spiro atoms. The van der Waals surface area contributed by atoms with Gasteiger partial charge in [-0.15, -0.1) is 0 Å². The Bertz CT molecular complexity index is 3580. The van der Waals surface area contributed by atoms with E-state index in [0.29, 0.717) is 0 Å². The Kier molecular flexibility index (Phi) is 8.53. The zero-order valence-corrected chi connectivity index (χ0v) is 34.0. The topological polar surface area (TPSA) is 8.17 Å². The van der Waals surface area contributed by atoms with Crippen molar-refractivity contribution in [3.63, 3.8) is 0 Å². The van der Waals surface area contributed by atoms with Crippen LogP contribution in [-0.4, -0.2) is 4.57 Å². The molecule has 0 aliphatic heterocycles. The smallest absolute Gasteiger partial charge is 0.0541 e. The van der Waals surface area contributed by atoms with Crippen LogP contribution >= 0.6 is 0 Å². The molecule has 1 heterocycles. The van der Waals surface area contributed by atoms with Crippen molar-refractivity contribution in [1.82, 2.24) is 4.57 Å². The van der Waals surface area contributed by atoms with Crippen molar-refractivity contribution >= 4 is 71.2 Å². The molecule has 12 rings (SSSR count). The number of aromatic nitrogens is 1. The summed E-state index contributed by atoms with van der Waals surface area (Å²) in [5, 5.41) is 10.2. The van der Waals surface area contributed by atoms with Crippen LogP contribution in [-0.2, 0) is 0 Å². The second kappa shape index (κ2) is 14.8. The van der Waals surface area contributed by atoms with Crippen LogP contribution in [0.15, 0.2) is 243 Å². The predicted octanol–water partition coefficient (Wildman–Crippen LogP) is 16.7. The van der Waals surface area contributed by atoms with E-state index in [4.69, 9.17) is 0 Å². The molecule has 0 atom stereocenters. The van der Waals surface area contributed by atoms with Gasteiger partial charge in [0, 0.05) is 33.3 Å². The molecule has 0 radical (unpaired) electrons. The van der Waals surface area contributed by atoms with Gasteiger partial charge in [-0.1, -0.05) is 188 Å². The molecule has 1 aromatic heterocycles. The fourth-order valence-corrected chi connectivity index (χ4v) is 9.68. The van der Waals surface area contributed by atoms with E-state index in [1.807, 2.05) is 0 Å². The van der Waals surface area contributed by atoms with Gasteiger partial charge in [0.2, 0.25) is 0 Å². The van der Waals surface area contributed by atoms with Crippen LogP contribution < -0.4 is 4.90 Å². The normalized spacial score (nSPS) is 11.5. The van der Waals surface area contributed by atoms with Crippen molar-refractivity contribution in [1.29, 1.82) is 0 Å². The lowest BCUT2D eigenvalue weighted by atomic mass is 9.94. The summed E-state index contributed by atoms with van der Waals surface area (Å²) in [7, 11) is 0. The van der Waals surface area contributed by atoms with Gasteiger partial charge in [-0.25, -0.2) is 0 Å². The molecule has 0 saturated carbocycles. The van der Waals surface area contributed by atoms with Gasteiger partial charge in [0.1, 0.15) is 0 Å². The molecule has 0 N–H and O–H groups in total. The zero-order valence-electron chi connectivity index (χ0n) is 34.0. The highest BCUT2D eigenvalue weighted by molar-refractivity contribution is 6.17. The second-order valence-corrected chi connectivity index (χ2v) is 16.1. The van der Waals surface area contributed by atoms with Crippen molar-refractivity contribution in [3.8, 4) is 39.1 Å². The lowest BCUT2D eigenvalue weighted by Crippen LogP contribution is -2.11. The molecule has 12 aromatic rings. The van der Waals surface area contributed by atoms with Crippen LogP contribution in [0.4, 0.5) is 17.1 Å². The molecule has 0 amide bonds. The first-order valence-electron chi connectivity index (χ1n) is 21.3. The number of hydrogen-bond donors (Lipinski definition) is 0. The van der Waals surface area contributed by atoms with Crippen molar-refractivity contribution in [3.05, 3.63) is 243 Å². The summed E-state index contributed by atoms with van der Waals surface area (Å²) >= 11 is 0. The number of hydrogen-bond acceptors (Lipinski definition) is 1. The summed E-state index contributed by atoms with van der Waals surface area (Å²) in [6, 6.07) is 88.4. The molecular weight excluding hydrogens is 749 g/mol. The Balaban J connectivity index is 0.981. The third-order valence-electron chi connectivity index (χ3n) is 12.6. The fourth-order valence-electron chi connectivity index (χ4n) is 9.68. The summed E-state index contributed by atoms with van der Waals surface area (Å²) in [5.74, 6) is 0. The van der Waals surface area contributed by atoms with Gasteiger partial charge >= 0.3 is 0 Å². The van der Waals surface area contributed by atoms with E-state index in [1.54, 1.807) is 0 Å². The summed E-state index contributed by atoms with van der Waals surface area (Å²) in [5.41, 5.74) is 13.9. The predicted molar refractivity (Wildman–Crippen MR) is 264 cm³/mol. The highest BCUT2D eigenvalue weighted by Crippen LogP contribution is 2.44. The summed E-state index contributed by atoms with van der Waals surface area (Å²) < 4.78 is 2.42. The largest absolute Gasteiger partial charge is 0.310 e. The van der Waals surface area contributed by atoms with Crippen LogP contribution in [0.2, 0.25) is 0 Å². The van der Waals surface area contributed by atoms with Crippen LogP contribution in [0.1, 0.15) is 0 Å². The fraction of sp³-hybridized carbons (Fsp3) is 0. The molecule has 290 valence electrons. The van der Waals surface area contributed by atoms with E-state index >= 15 is 0 Å². The molecule has 0 aliphatic rings. The number of para-hydroxylation sites is 4.